The lowest BCUT2D eigenvalue weighted by Gasteiger charge is -2.28. The number of para-hydroxylation sites is 1. The van der Waals surface area contributed by atoms with Gasteiger partial charge in [0, 0.05) is 12.6 Å². The van der Waals surface area contributed by atoms with Gasteiger partial charge in [-0.25, -0.2) is 4.39 Å². The highest BCUT2D eigenvalue weighted by molar-refractivity contribution is 5.47. The van der Waals surface area contributed by atoms with Crippen molar-refractivity contribution in [3.05, 3.63) is 29.6 Å². The van der Waals surface area contributed by atoms with E-state index in [2.05, 4.69) is 0 Å². The van der Waals surface area contributed by atoms with E-state index in [4.69, 9.17) is 5.73 Å². The van der Waals surface area contributed by atoms with Crippen LogP contribution in [0, 0.1) is 5.82 Å². The Labute approximate surface area is 103 Å². The molecular formula is C12H16F4N2. The lowest BCUT2D eigenvalue weighted by atomic mass is 10.1. The van der Waals surface area contributed by atoms with Crippen molar-refractivity contribution in [2.24, 2.45) is 0 Å². The molecule has 0 heterocycles. The zero-order valence-corrected chi connectivity index (χ0v) is 10.3. The SMILES string of the molecule is CC(C)N(Cc1cccc(F)c1N)CC(F)(F)F. The first kappa shape index (κ1) is 14.8. The Hall–Kier alpha value is -1.30. The van der Waals surface area contributed by atoms with Gasteiger partial charge in [0.25, 0.3) is 0 Å². The molecule has 1 rings (SSSR count). The molecule has 18 heavy (non-hydrogen) atoms. The molecule has 0 saturated carbocycles. The van der Waals surface area contributed by atoms with Crippen LogP contribution in [0.5, 0.6) is 0 Å². The molecule has 0 saturated heterocycles. The lowest BCUT2D eigenvalue weighted by Crippen LogP contribution is -2.38. The first-order chi connectivity index (χ1) is 8.20. The molecule has 0 atom stereocenters. The van der Waals surface area contributed by atoms with E-state index in [0.29, 0.717) is 5.56 Å². The summed E-state index contributed by atoms with van der Waals surface area (Å²) in [7, 11) is 0. The van der Waals surface area contributed by atoms with E-state index in [1.54, 1.807) is 13.8 Å². The van der Waals surface area contributed by atoms with Gasteiger partial charge in [0.05, 0.1) is 12.2 Å². The molecule has 6 heteroatoms. The average Bonchev–Trinajstić information content (AvgIpc) is 2.21. The largest absolute Gasteiger partial charge is 0.401 e. The number of nitrogens with zero attached hydrogens (tertiary/aromatic N) is 1. The number of rotatable bonds is 4. The van der Waals surface area contributed by atoms with Crippen molar-refractivity contribution in [2.75, 3.05) is 12.3 Å². The molecule has 0 radical (unpaired) electrons. The molecule has 2 N–H and O–H groups in total. The van der Waals surface area contributed by atoms with Crippen LogP contribution in [0.4, 0.5) is 23.2 Å². The quantitative estimate of drug-likeness (QED) is 0.668. The fourth-order valence-corrected chi connectivity index (χ4v) is 1.59. The number of halogens is 4. The second-order valence-electron chi connectivity index (χ2n) is 4.43. The summed E-state index contributed by atoms with van der Waals surface area (Å²) in [4.78, 5) is 1.20. The molecule has 102 valence electrons. The molecule has 0 amide bonds. The Morgan fingerprint density at radius 1 is 1.28 bits per heavy atom. The molecule has 0 aliphatic carbocycles. The highest BCUT2D eigenvalue weighted by Gasteiger charge is 2.32. The first-order valence-corrected chi connectivity index (χ1v) is 5.54. The smallest absolute Gasteiger partial charge is 0.396 e. The van der Waals surface area contributed by atoms with Crippen LogP contribution < -0.4 is 5.73 Å². The number of nitrogens with two attached hydrogens (primary N) is 1. The molecule has 1 aromatic carbocycles. The minimum Gasteiger partial charge on any atom is -0.396 e. The van der Waals surface area contributed by atoms with Gasteiger partial charge in [-0.1, -0.05) is 12.1 Å². The third kappa shape index (κ3) is 4.18. The number of nitrogen functional groups attached to an aromatic ring is 1. The number of alkyl halides is 3. The van der Waals surface area contributed by atoms with Gasteiger partial charge in [-0.3, -0.25) is 4.90 Å². The predicted octanol–water partition coefficient (Wildman–Crippen LogP) is 3.18. The van der Waals surface area contributed by atoms with Crippen molar-refractivity contribution in [1.29, 1.82) is 0 Å². The zero-order chi connectivity index (χ0) is 13.9. The average molecular weight is 264 g/mol. The number of benzene rings is 1. The van der Waals surface area contributed by atoms with E-state index in [0.717, 1.165) is 0 Å². The maximum atomic E-state index is 13.2. The Bertz CT molecular complexity index is 402. The lowest BCUT2D eigenvalue weighted by molar-refractivity contribution is -0.150. The van der Waals surface area contributed by atoms with Gasteiger partial charge in [0.2, 0.25) is 0 Å². The van der Waals surface area contributed by atoms with Gasteiger partial charge in [-0.2, -0.15) is 13.2 Å². The van der Waals surface area contributed by atoms with Crippen molar-refractivity contribution in [3.63, 3.8) is 0 Å². The Morgan fingerprint density at radius 3 is 2.39 bits per heavy atom. The minimum atomic E-state index is -4.29. The molecular weight excluding hydrogens is 248 g/mol. The summed E-state index contributed by atoms with van der Waals surface area (Å²) in [6, 6.07) is 3.84. The molecule has 0 aromatic heterocycles. The summed E-state index contributed by atoms with van der Waals surface area (Å²) in [5.74, 6) is -0.608. The first-order valence-electron chi connectivity index (χ1n) is 5.54. The van der Waals surface area contributed by atoms with Gasteiger partial charge < -0.3 is 5.73 Å². The third-order valence-electron chi connectivity index (χ3n) is 2.63. The normalized spacial score (nSPS) is 12.4. The van der Waals surface area contributed by atoms with Crippen molar-refractivity contribution >= 4 is 5.69 Å². The van der Waals surface area contributed by atoms with Crippen LogP contribution in [0.25, 0.3) is 0 Å². The molecule has 0 aliphatic rings. The summed E-state index contributed by atoms with van der Waals surface area (Å²) in [6.07, 6.45) is -4.29. The maximum Gasteiger partial charge on any atom is 0.401 e. The zero-order valence-electron chi connectivity index (χ0n) is 10.3. The number of hydrogen-bond donors (Lipinski definition) is 1. The van der Waals surface area contributed by atoms with E-state index >= 15 is 0 Å². The van der Waals surface area contributed by atoms with Crippen LogP contribution in [-0.4, -0.2) is 23.7 Å². The molecule has 0 fully saturated rings. The van der Waals surface area contributed by atoms with E-state index in [-0.39, 0.29) is 18.3 Å². The Balaban J connectivity index is 2.87. The topological polar surface area (TPSA) is 29.3 Å². The minimum absolute atomic E-state index is 0.0270. The van der Waals surface area contributed by atoms with E-state index < -0.39 is 18.5 Å². The molecule has 0 unspecified atom stereocenters. The highest BCUT2D eigenvalue weighted by atomic mass is 19.4. The summed E-state index contributed by atoms with van der Waals surface area (Å²) in [6.45, 7) is 2.24. The molecule has 2 nitrogen and oxygen atoms in total. The summed E-state index contributed by atoms with van der Waals surface area (Å²) in [5, 5.41) is 0. The van der Waals surface area contributed by atoms with E-state index in [9.17, 15) is 17.6 Å². The fourth-order valence-electron chi connectivity index (χ4n) is 1.59. The third-order valence-corrected chi connectivity index (χ3v) is 2.63. The van der Waals surface area contributed by atoms with Crippen LogP contribution in [0.3, 0.4) is 0 Å². The second kappa shape index (κ2) is 5.56. The second-order valence-corrected chi connectivity index (χ2v) is 4.43. The fraction of sp³-hybridized carbons (Fsp3) is 0.500. The van der Waals surface area contributed by atoms with Crippen LogP contribution >= 0.6 is 0 Å². The number of anilines is 1. The predicted molar refractivity (Wildman–Crippen MR) is 62.4 cm³/mol. The molecule has 0 bridgehead atoms. The summed E-state index contributed by atoms with van der Waals surface area (Å²) in [5.41, 5.74) is 5.79. The van der Waals surface area contributed by atoms with Gasteiger partial charge in [-0.05, 0) is 25.5 Å². The van der Waals surface area contributed by atoms with Crippen LogP contribution in [0.1, 0.15) is 19.4 Å². The molecule has 0 spiro atoms. The van der Waals surface area contributed by atoms with Crippen LogP contribution in [-0.2, 0) is 6.54 Å². The monoisotopic (exact) mass is 264 g/mol. The van der Waals surface area contributed by atoms with Gasteiger partial charge in [0.1, 0.15) is 5.82 Å². The summed E-state index contributed by atoms with van der Waals surface area (Å²) < 4.78 is 50.4. The maximum absolute atomic E-state index is 13.2. The van der Waals surface area contributed by atoms with Gasteiger partial charge in [0.15, 0.2) is 0 Å². The molecule has 0 aliphatic heterocycles. The van der Waals surface area contributed by atoms with Crippen molar-refractivity contribution in [1.82, 2.24) is 4.90 Å². The van der Waals surface area contributed by atoms with Crippen molar-refractivity contribution in [3.8, 4) is 0 Å². The highest BCUT2D eigenvalue weighted by Crippen LogP contribution is 2.23. The standard InChI is InChI=1S/C12H16F4N2/c1-8(2)18(7-12(14,15)16)6-9-4-3-5-10(13)11(9)17/h3-5,8H,6-7,17H2,1-2H3. The number of hydrogen-bond acceptors (Lipinski definition) is 2. The Kier molecular flexibility index (Phi) is 4.56. The van der Waals surface area contributed by atoms with Gasteiger partial charge >= 0.3 is 6.18 Å². The van der Waals surface area contributed by atoms with Crippen molar-refractivity contribution in [2.45, 2.75) is 32.6 Å². The van der Waals surface area contributed by atoms with Gasteiger partial charge in [-0.15, -0.1) is 0 Å². The van der Waals surface area contributed by atoms with E-state index in [1.165, 1.54) is 23.1 Å². The molecule has 1 aromatic rings. The summed E-state index contributed by atoms with van der Waals surface area (Å²) >= 11 is 0. The van der Waals surface area contributed by atoms with Crippen LogP contribution in [0.15, 0.2) is 18.2 Å². The van der Waals surface area contributed by atoms with Crippen LogP contribution in [0.2, 0.25) is 0 Å². The Morgan fingerprint density at radius 2 is 1.89 bits per heavy atom. The van der Waals surface area contributed by atoms with E-state index in [1.807, 2.05) is 0 Å². The van der Waals surface area contributed by atoms with Crippen molar-refractivity contribution < 1.29 is 17.6 Å².